The van der Waals surface area contributed by atoms with Crippen molar-refractivity contribution in [1.82, 2.24) is 0 Å². The summed E-state index contributed by atoms with van der Waals surface area (Å²) in [6.07, 6.45) is 2.60. The van der Waals surface area contributed by atoms with E-state index in [1.54, 1.807) is 36.0 Å². The molecule has 2 atom stereocenters. The van der Waals surface area contributed by atoms with Gasteiger partial charge in [0.25, 0.3) is 0 Å². The molecule has 216 valence electrons. The van der Waals surface area contributed by atoms with Crippen molar-refractivity contribution in [3.63, 3.8) is 0 Å². The third-order valence-electron chi connectivity index (χ3n) is 8.31. The predicted molar refractivity (Wildman–Crippen MR) is 153 cm³/mol. The molecule has 0 radical (unpaired) electrons. The first-order valence-corrected chi connectivity index (χ1v) is 15.0. The quantitative estimate of drug-likeness (QED) is 0.256. The fourth-order valence-corrected chi connectivity index (χ4v) is 6.97. The summed E-state index contributed by atoms with van der Waals surface area (Å²) in [5, 5.41) is 32.3. The fraction of sp³-hybridized carbons (Fsp3) is 0.406. The molecule has 1 saturated heterocycles. The van der Waals surface area contributed by atoms with Crippen molar-refractivity contribution >= 4 is 18.0 Å². The topological polar surface area (TPSA) is 105 Å². The van der Waals surface area contributed by atoms with Crippen LogP contribution in [0.4, 0.5) is 4.39 Å². The van der Waals surface area contributed by atoms with Gasteiger partial charge in [0, 0.05) is 24.0 Å². The predicted octanol–water partition coefficient (Wildman–Crippen LogP) is 4.89. The van der Waals surface area contributed by atoms with E-state index in [9.17, 15) is 24.5 Å². The zero-order chi connectivity index (χ0) is 28.8. The van der Waals surface area contributed by atoms with Crippen LogP contribution in [0.1, 0.15) is 47.4 Å². The van der Waals surface area contributed by atoms with Crippen LogP contribution in [0.5, 0.6) is 17.2 Å². The number of rotatable bonds is 8. The Morgan fingerprint density at radius 2 is 1.93 bits per heavy atom. The summed E-state index contributed by atoms with van der Waals surface area (Å²) in [5.74, 6) is -0.577. The molecule has 3 aromatic rings. The van der Waals surface area contributed by atoms with E-state index in [0.29, 0.717) is 42.3 Å². The molecule has 9 heteroatoms. The second-order valence-corrected chi connectivity index (χ2v) is 12.4. The van der Waals surface area contributed by atoms with E-state index in [4.69, 9.17) is 14.2 Å². The maximum atomic E-state index is 14.6. The Balaban J connectivity index is 1.22. The van der Waals surface area contributed by atoms with E-state index in [2.05, 4.69) is 0 Å². The normalized spacial score (nSPS) is 21.1. The van der Waals surface area contributed by atoms with Gasteiger partial charge in [0.05, 0.1) is 6.61 Å². The van der Waals surface area contributed by atoms with Crippen LogP contribution >= 0.6 is 11.8 Å². The monoisotopic (exact) mass is 580 g/mol. The largest absolute Gasteiger partial charge is 0.493 e. The maximum absolute atomic E-state index is 14.6. The summed E-state index contributed by atoms with van der Waals surface area (Å²) in [7, 11) is 0. The van der Waals surface area contributed by atoms with Gasteiger partial charge in [0.1, 0.15) is 36.0 Å². The van der Waals surface area contributed by atoms with Gasteiger partial charge >= 0.3 is 5.97 Å². The zero-order valence-electron chi connectivity index (χ0n) is 22.8. The molecule has 1 aliphatic carbocycles. The summed E-state index contributed by atoms with van der Waals surface area (Å²) >= 11 is 1.66. The van der Waals surface area contributed by atoms with Crippen molar-refractivity contribution in [3.05, 3.63) is 76.6 Å². The molecule has 2 aliphatic heterocycles. The van der Waals surface area contributed by atoms with Gasteiger partial charge in [-0.25, -0.2) is 4.39 Å². The van der Waals surface area contributed by atoms with Crippen LogP contribution in [-0.2, 0) is 17.8 Å². The van der Waals surface area contributed by atoms with Gasteiger partial charge in [-0.05, 0) is 102 Å². The number of halogens is 1. The number of ether oxygens (including phenoxy) is 3. The van der Waals surface area contributed by atoms with Gasteiger partial charge in [-0.1, -0.05) is 12.1 Å². The van der Waals surface area contributed by atoms with Crippen LogP contribution < -0.4 is 14.2 Å². The lowest BCUT2D eigenvalue weighted by molar-refractivity contribution is -0.376. The Morgan fingerprint density at radius 3 is 2.66 bits per heavy atom. The van der Waals surface area contributed by atoms with Crippen molar-refractivity contribution in [1.29, 1.82) is 0 Å². The van der Waals surface area contributed by atoms with Gasteiger partial charge < -0.3 is 34.3 Å². The van der Waals surface area contributed by atoms with Crippen molar-refractivity contribution in [2.75, 3.05) is 18.1 Å². The lowest BCUT2D eigenvalue weighted by Crippen LogP contribution is -2.59. The molecule has 0 aromatic heterocycles. The minimum absolute atomic E-state index is 0.0392. The number of aliphatic hydroxyl groups is 3. The van der Waals surface area contributed by atoms with Crippen LogP contribution in [0.15, 0.2) is 48.5 Å². The van der Waals surface area contributed by atoms with Crippen molar-refractivity contribution < 1.29 is 38.7 Å². The van der Waals surface area contributed by atoms with E-state index in [-0.39, 0.29) is 42.9 Å². The minimum atomic E-state index is -2.72. The molecule has 41 heavy (non-hydrogen) atoms. The van der Waals surface area contributed by atoms with Crippen molar-refractivity contribution in [3.8, 4) is 28.4 Å². The molecule has 2 fully saturated rings. The highest BCUT2D eigenvalue weighted by molar-refractivity contribution is 7.99. The molecular formula is C32H33FO7S. The Hall–Kier alpha value is -3.11. The molecule has 0 bridgehead atoms. The molecule has 3 aromatic carbocycles. The Kier molecular flexibility index (Phi) is 7.48. The Morgan fingerprint density at radius 1 is 1.12 bits per heavy atom. The highest BCUT2D eigenvalue weighted by Gasteiger charge is 2.52. The molecule has 7 nitrogen and oxygen atoms in total. The summed E-state index contributed by atoms with van der Waals surface area (Å²) in [5.41, 5.74) is 3.29. The van der Waals surface area contributed by atoms with E-state index < -0.39 is 11.6 Å². The maximum Gasteiger partial charge on any atom is 0.352 e. The molecular weight excluding hydrogens is 547 g/mol. The van der Waals surface area contributed by atoms with E-state index in [0.717, 1.165) is 39.9 Å². The summed E-state index contributed by atoms with van der Waals surface area (Å²) in [4.78, 5) is 11.0. The standard InChI is InChI=1S/C32H33FO7S/c1-19-12-24(40-32(36,37)31(35)7-10-41-11-8-31)14-21-6-9-38-29-5-2-20(13-27(29)30(19)21)18-39-23-3-4-25(28(33)16-23)26-15-22(26)17-34/h2-5,12-14,16-17,22,26,35-37H,6-11,15,18H2,1H3/t22-,26+/m1/s1. The van der Waals surface area contributed by atoms with Gasteiger partial charge in [0.15, 0.2) is 5.60 Å². The second kappa shape index (κ2) is 10.9. The second-order valence-electron chi connectivity index (χ2n) is 11.2. The summed E-state index contributed by atoms with van der Waals surface area (Å²) < 4.78 is 32.2. The van der Waals surface area contributed by atoms with Gasteiger partial charge in [-0.2, -0.15) is 11.8 Å². The average Bonchev–Trinajstić information content (AvgIpc) is 3.74. The van der Waals surface area contributed by atoms with Gasteiger partial charge in [-0.3, -0.25) is 0 Å². The minimum Gasteiger partial charge on any atom is -0.493 e. The molecule has 0 unspecified atom stereocenters. The van der Waals surface area contributed by atoms with Crippen LogP contribution in [0.2, 0.25) is 0 Å². The van der Waals surface area contributed by atoms with Crippen LogP contribution in [0, 0.1) is 18.7 Å². The first kappa shape index (κ1) is 28.0. The first-order chi connectivity index (χ1) is 19.7. The van der Waals surface area contributed by atoms with Crippen molar-refractivity contribution in [2.24, 2.45) is 5.92 Å². The van der Waals surface area contributed by atoms with E-state index >= 15 is 0 Å². The number of benzene rings is 3. The van der Waals surface area contributed by atoms with Gasteiger partial charge in [-0.15, -0.1) is 0 Å². The Bertz CT molecular complexity index is 1470. The molecule has 3 N–H and O–H groups in total. The third kappa shape index (κ3) is 5.56. The third-order valence-corrected chi connectivity index (χ3v) is 9.30. The number of thioether (sulfide) groups is 1. The molecule has 0 spiro atoms. The molecule has 3 aliphatic rings. The highest BCUT2D eigenvalue weighted by atomic mass is 32.2. The number of carbonyl (C=O) groups excluding carboxylic acids is 1. The number of carbonyl (C=O) groups is 1. The molecule has 0 amide bonds. The van der Waals surface area contributed by atoms with E-state index in [1.807, 2.05) is 25.1 Å². The number of hydrogen-bond acceptors (Lipinski definition) is 8. The number of aryl methyl sites for hydroxylation is 1. The molecule has 2 heterocycles. The summed E-state index contributed by atoms with van der Waals surface area (Å²) in [6.45, 7) is 2.57. The van der Waals surface area contributed by atoms with E-state index in [1.165, 1.54) is 6.07 Å². The number of fused-ring (bicyclic) bond motifs is 3. The van der Waals surface area contributed by atoms with Gasteiger partial charge in [0.2, 0.25) is 0 Å². The average molecular weight is 581 g/mol. The molecule has 1 saturated carbocycles. The highest BCUT2D eigenvalue weighted by Crippen LogP contribution is 2.47. The number of aldehydes is 1. The van der Waals surface area contributed by atoms with Crippen molar-refractivity contribution in [2.45, 2.75) is 56.7 Å². The number of hydrogen-bond donors (Lipinski definition) is 3. The lowest BCUT2D eigenvalue weighted by atomic mass is 9.91. The lowest BCUT2D eigenvalue weighted by Gasteiger charge is -2.40. The fourth-order valence-electron chi connectivity index (χ4n) is 5.81. The zero-order valence-corrected chi connectivity index (χ0v) is 23.6. The summed E-state index contributed by atoms with van der Waals surface area (Å²) in [6, 6.07) is 14.1. The SMILES string of the molecule is Cc1cc(OC(O)(O)C2(O)CCSCC2)cc2c1-c1cc(COc3ccc([C@H]4C[C@@H]4C=O)c(F)c3)ccc1OCC2. The van der Waals surface area contributed by atoms with Crippen LogP contribution in [0.3, 0.4) is 0 Å². The molecule has 6 rings (SSSR count). The van der Waals surface area contributed by atoms with Crippen LogP contribution in [-0.4, -0.2) is 51.3 Å². The Labute approximate surface area is 242 Å². The smallest absolute Gasteiger partial charge is 0.352 e. The first-order valence-electron chi connectivity index (χ1n) is 13.9. The van der Waals surface area contributed by atoms with Crippen LogP contribution in [0.25, 0.3) is 11.1 Å².